The molecule has 0 aliphatic rings. The van der Waals surface area contributed by atoms with Crippen LogP contribution in [0, 0.1) is 0 Å². The van der Waals surface area contributed by atoms with Crippen molar-refractivity contribution in [2.45, 2.75) is 19.1 Å². The van der Waals surface area contributed by atoms with Crippen LogP contribution in [0.3, 0.4) is 0 Å². The highest BCUT2D eigenvalue weighted by Gasteiger charge is 2.22. The highest BCUT2D eigenvalue weighted by Crippen LogP contribution is 2.25. The lowest BCUT2D eigenvalue weighted by Crippen LogP contribution is -2.30. The lowest BCUT2D eigenvalue weighted by Gasteiger charge is -2.17. The molecule has 2 rings (SSSR count). The maximum atomic E-state index is 12.4. The smallest absolute Gasteiger partial charge is 0.387 e. The molecule has 0 spiro atoms. The maximum Gasteiger partial charge on any atom is 0.387 e. The van der Waals surface area contributed by atoms with Gasteiger partial charge in [0.15, 0.2) is 0 Å². The molecule has 2 aromatic rings. The van der Waals surface area contributed by atoms with Gasteiger partial charge in [-0.1, -0.05) is 18.2 Å². The molecule has 1 amide bonds. The van der Waals surface area contributed by atoms with Crippen LogP contribution in [0.5, 0.6) is 5.75 Å². The summed E-state index contributed by atoms with van der Waals surface area (Å²) < 4.78 is 29.1. The Morgan fingerprint density at radius 3 is 2.57 bits per heavy atom. The van der Waals surface area contributed by atoms with Crippen molar-refractivity contribution >= 4 is 23.2 Å². The van der Waals surface area contributed by atoms with Crippen molar-refractivity contribution in [3.63, 3.8) is 0 Å². The molecule has 0 aliphatic heterocycles. The van der Waals surface area contributed by atoms with E-state index in [1.165, 1.54) is 35.6 Å². The molecular weight excluding hydrogens is 328 g/mol. The van der Waals surface area contributed by atoms with E-state index in [2.05, 4.69) is 10.1 Å². The van der Waals surface area contributed by atoms with Gasteiger partial charge in [-0.2, -0.15) is 8.78 Å². The molecule has 0 saturated carbocycles. The minimum absolute atomic E-state index is 0.0836. The summed E-state index contributed by atoms with van der Waals surface area (Å²) >= 11 is 1.30. The Morgan fingerprint density at radius 1 is 1.22 bits per heavy atom. The normalized spacial score (nSPS) is 12.0. The number of hydrogen-bond donors (Lipinski definition) is 2. The van der Waals surface area contributed by atoms with Crippen molar-refractivity contribution in [3.8, 4) is 5.75 Å². The number of carboxylic acids is 1. The van der Waals surface area contributed by atoms with Crippen LogP contribution in [-0.4, -0.2) is 23.6 Å². The van der Waals surface area contributed by atoms with Crippen molar-refractivity contribution in [1.82, 2.24) is 5.32 Å². The number of ether oxygens (including phenoxy) is 1. The summed E-state index contributed by atoms with van der Waals surface area (Å²) in [5.74, 6) is -2.03. The summed E-state index contributed by atoms with van der Waals surface area (Å²) in [4.78, 5) is 23.9. The van der Waals surface area contributed by atoms with Crippen LogP contribution in [0.2, 0.25) is 0 Å². The first-order valence-electron chi connectivity index (χ1n) is 6.57. The molecule has 5 nitrogen and oxygen atoms in total. The molecule has 0 aliphatic carbocycles. The molecule has 0 saturated heterocycles. The highest BCUT2D eigenvalue weighted by atomic mass is 32.1. The monoisotopic (exact) mass is 341 g/mol. The number of carboxylic acid groups (broad SMARTS) is 1. The number of carbonyl (C=O) groups excluding carboxylic acids is 1. The second-order valence-corrected chi connectivity index (χ2v) is 5.49. The minimum atomic E-state index is -3.06. The number of rotatable bonds is 7. The van der Waals surface area contributed by atoms with Crippen LogP contribution in [0.1, 0.15) is 27.7 Å². The summed E-state index contributed by atoms with van der Waals surface area (Å²) in [6.07, 6.45) is -0.315. The first-order valence-corrected chi connectivity index (χ1v) is 7.45. The Labute approximate surface area is 134 Å². The third kappa shape index (κ3) is 4.75. The van der Waals surface area contributed by atoms with E-state index in [0.717, 1.165) is 0 Å². The van der Waals surface area contributed by atoms with Crippen LogP contribution in [-0.2, 0) is 4.79 Å². The molecule has 0 bridgehead atoms. The van der Waals surface area contributed by atoms with Gasteiger partial charge in [0.2, 0.25) is 0 Å². The van der Waals surface area contributed by atoms with E-state index < -0.39 is 24.5 Å². The molecule has 2 N–H and O–H groups in total. The highest BCUT2D eigenvalue weighted by molar-refractivity contribution is 7.10. The van der Waals surface area contributed by atoms with Crippen molar-refractivity contribution in [1.29, 1.82) is 0 Å². The summed E-state index contributed by atoms with van der Waals surface area (Å²) in [5.41, 5.74) is -0.0836. The summed E-state index contributed by atoms with van der Waals surface area (Å²) in [5, 5.41) is 13.3. The van der Waals surface area contributed by atoms with Crippen molar-refractivity contribution in [3.05, 3.63) is 52.2 Å². The fourth-order valence-electron chi connectivity index (χ4n) is 1.98. The summed E-state index contributed by atoms with van der Waals surface area (Å²) in [6.45, 7) is -3.06. The van der Waals surface area contributed by atoms with Crippen LogP contribution in [0.4, 0.5) is 8.78 Å². The molecule has 8 heteroatoms. The Hall–Kier alpha value is -2.48. The Balaban J connectivity index is 2.20. The van der Waals surface area contributed by atoms with E-state index in [9.17, 15) is 18.4 Å². The number of thiophene rings is 1. The largest absolute Gasteiger partial charge is 0.481 e. The number of alkyl halides is 2. The molecule has 1 atom stereocenters. The van der Waals surface area contributed by atoms with Crippen molar-refractivity contribution < 1.29 is 28.2 Å². The molecule has 0 radical (unpaired) electrons. The lowest BCUT2D eigenvalue weighted by molar-refractivity contribution is -0.137. The molecule has 1 heterocycles. The number of para-hydroxylation sites is 1. The average molecular weight is 341 g/mol. The number of halogens is 2. The van der Waals surface area contributed by atoms with E-state index >= 15 is 0 Å². The molecule has 1 aromatic carbocycles. The zero-order valence-electron chi connectivity index (χ0n) is 11.7. The van der Waals surface area contributed by atoms with E-state index in [1.54, 1.807) is 17.5 Å². The second-order valence-electron chi connectivity index (χ2n) is 4.51. The van der Waals surface area contributed by atoms with E-state index in [1.807, 2.05) is 0 Å². The molecule has 23 heavy (non-hydrogen) atoms. The standard InChI is InChI=1S/C15H13F2NO4S/c16-15(17)22-11-5-2-1-4-9(11)14(21)18-10(8-13(19)20)12-6-3-7-23-12/h1-7,10,15H,8H2,(H,18,21)(H,19,20)/t10-/m1/s1. The number of amides is 1. The SMILES string of the molecule is O=C(O)C[C@@H](NC(=O)c1ccccc1OC(F)F)c1cccs1. The topological polar surface area (TPSA) is 75.6 Å². The van der Waals surface area contributed by atoms with Crippen LogP contribution in [0.15, 0.2) is 41.8 Å². The zero-order chi connectivity index (χ0) is 16.8. The van der Waals surface area contributed by atoms with Crippen LogP contribution < -0.4 is 10.1 Å². The zero-order valence-corrected chi connectivity index (χ0v) is 12.6. The lowest BCUT2D eigenvalue weighted by atomic mass is 10.1. The summed E-state index contributed by atoms with van der Waals surface area (Å²) in [7, 11) is 0. The quantitative estimate of drug-likeness (QED) is 0.810. The van der Waals surface area contributed by atoms with Crippen LogP contribution >= 0.6 is 11.3 Å². The predicted molar refractivity (Wildman–Crippen MR) is 79.9 cm³/mol. The predicted octanol–water partition coefficient (Wildman–Crippen LogP) is 3.30. The molecule has 122 valence electrons. The molecule has 1 aromatic heterocycles. The van der Waals surface area contributed by atoms with Gasteiger partial charge in [-0.05, 0) is 23.6 Å². The fourth-order valence-corrected chi connectivity index (χ4v) is 2.75. The summed E-state index contributed by atoms with van der Waals surface area (Å²) in [6, 6.07) is 8.22. The molecule has 0 fully saturated rings. The Morgan fingerprint density at radius 2 is 1.96 bits per heavy atom. The Kier molecular flexibility index (Phi) is 5.64. The number of hydrogen-bond acceptors (Lipinski definition) is 4. The van der Waals surface area contributed by atoms with Crippen molar-refractivity contribution in [2.24, 2.45) is 0 Å². The van der Waals surface area contributed by atoms with Crippen LogP contribution in [0.25, 0.3) is 0 Å². The molecule has 0 unspecified atom stereocenters. The number of nitrogens with one attached hydrogen (secondary N) is 1. The van der Waals surface area contributed by atoms with Gasteiger partial charge in [0.05, 0.1) is 18.0 Å². The van der Waals surface area contributed by atoms with Gasteiger partial charge >= 0.3 is 12.6 Å². The first kappa shape index (κ1) is 16.9. The average Bonchev–Trinajstić information content (AvgIpc) is 3.00. The second kappa shape index (κ2) is 7.68. The third-order valence-electron chi connectivity index (χ3n) is 2.92. The number of aliphatic carboxylic acids is 1. The third-order valence-corrected chi connectivity index (χ3v) is 3.90. The van der Waals surface area contributed by atoms with Crippen molar-refractivity contribution in [2.75, 3.05) is 0 Å². The minimum Gasteiger partial charge on any atom is -0.481 e. The maximum absolute atomic E-state index is 12.4. The number of benzene rings is 1. The van der Waals surface area contributed by atoms with E-state index in [4.69, 9.17) is 5.11 Å². The van der Waals surface area contributed by atoms with Gasteiger partial charge in [-0.15, -0.1) is 11.3 Å². The Bertz CT molecular complexity index is 676. The first-order chi connectivity index (χ1) is 11.0. The van der Waals surface area contributed by atoms with Gasteiger partial charge < -0.3 is 15.2 Å². The molecular formula is C15H13F2NO4S. The van der Waals surface area contributed by atoms with Gasteiger partial charge in [-0.3, -0.25) is 9.59 Å². The van der Waals surface area contributed by atoms with Gasteiger partial charge in [0, 0.05) is 4.88 Å². The van der Waals surface area contributed by atoms with Gasteiger partial charge in [0.25, 0.3) is 5.91 Å². The fraction of sp³-hybridized carbons (Fsp3) is 0.200. The number of carbonyl (C=O) groups is 2. The van der Waals surface area contributed by atoms with E-state index in [-0.39, 0.29) is 17.7 Å². The van der Waals surface area contributed by atoms with Gasteiger partial charge in [-0.25, -0.2) is 0 Å². The van der Waals surface area contributed by atoms with Gasteiger partial charge in [0.1, 0.15) is 5.75 Å². The van der Waals surface area contributed by atoms with E-state index in [0.29, 0.717) is 4.88 Å².